The number of nitrogens with one attached hydrogen (secondary N) is 2. The molecule has 0 bridgehead atoms. The van der Waals surface area contributed by atoms with Gasteiger partial charge in [0.15, 0.2) is 11.3 Å². The molecule has 206 valence electrons. The maximum atomic E-state index is 13.4. The van der Waals surface area contributed by atoms with Gasteiger partial charge in [0, 0.05) is 12.0 Å². The average molecular weight is 552 g/mol. The van der Waals surface area contributed by atoms with Crippen molar-refractivity contribution in [3.8, 4) is 17.1 Å². The predicted molar refractivity (Wildman–Crippen MR) is 147 cm³/mol. The van der Waals surface area contributed by atoms with E-state index >= 15 is 0 Å². The molecule has 2 heterocycles. The first-order chi connectivity index (χ1) is 18.7. The second-order valence-corrected chi connectivity index (χ2v) is 11.7. The lowest BCUT2D eigenvalue weighted by Crippen LogP contribution is -2.37. The lowest BCUT2D eigenvalue weighted by Gasteiger charge is -2.21. The van der Waals surface area contributed by atoms with Crippen molar-refractivity contribution < 1.29 is 18.3 Å². The van der Waals surface area contributed by atoms with Gasteiger partial charge in [-0.1, -0.05) is 43.2 Å². The van der Waals surface area contributed by atoms with Gasteiger partial charge in [-0.25, -0.2) is 22.6 Å². The number of hydrogen-bond donors (Lipinski definition) is 3. The molecule has 1 aliphatic rings. The molecule has 3 N–H and O–H groups in total. The molecule has 0 amide bonds. The first kappa shape index (κ1) is 27.0. The summed E-state index contributed by atoms with van der Waals surface area (Å²) in [5.74, 6) is 1.53. The van der Waals surface area contributed by atoms with Crippen LogP contribution in [0.5, 0.6) is 5.75 Å². The molecular formula is C28H33N5O5S. The predicted octanol–water partition coefficient (Wildman–Crippen LogP) is 3.85. The van der Waals surface area contributed by atoms with E-state index in [1.54, 1.807) is 48.7 Å². The minimum atomic E-state index is -4.05. The number of hydrogen-bond acceptors (Lipinski definition) is 7. The molecule has 39 heavy (non-hydrogen) atoms. The standard InChI is InChI=1S/C28H33N5O5S/c1-4-38-23-15-14-21(39(36,37)32-18(3)25(34)19-10-6-5-7-11-19)16-22(23)26-30-28(35)24-17(2)29-27(33(24)31-26)20-12-8-9-13-20/h5-7,10-11,14-16,18,20,25,32,34H,4,8-9,12-13H2,1-3H3,(H,30,31,35)/t18?,25-/m1/s1. The molecule has 10 nitrogen and oxygen atoms in total. The van der Waals surface area contributed by atoms with Gasteiger partial charge in [-0.05, 0) is 57.4 Å². The molecule has 0 radical (unpaired) electrons. The van der Waals surface area contributed by atoms with E-state index in [4.69, 9.17) is 9.84 Å². The summed E-state index contributed by atoms with van der Waals surface area (Å²) >= 11 is 0. The Kier molecular flexibility index (Phi) is 7.57. The Balaban J connectivity index is 1.55. The molecule has 2 aromatic carbocycles. The van der Waals surface area contributed by atoms with Crippen molar-refractivity contribution in [3.63, 3.8) is 0 Å². The molecule has 1 saturated carbocycles. The highest BCUT2D eigenvalue weighted by Crippen LogP contribution is 2.35. The first-order valence-electron chi connectivity index (χ1n) is 13.2. The molecule has 4 aromatic rings. The van der Waals surface area contributed by atoms with Gasteiger partial charge >= 0.3 is 0 Å². The number of benzene rings is 2. The number of aryl methyl sites for hydroxylation is 1. The van der Waals surface area contributed by atoms with E-state index in [9.17, 15) is 18.3 Å². The summed E-state index contributed by atoms with van der Waals surface area (Å²) in [6.45, 7) is 5.55. The summed E-state index contributed by atoms with van der Waals surface area (Å²) in [6.07, 6.45) is 3.14. The number of nitrogens with zero attached hydrogens (tertiary/aromatic N) is 3. The van der Waals surface area contributed by atoms with Crippen LogP contribution in [0, 0.1) is 6.92 Å². The van der Waals surface area contributed by atoms with E-state index in [0.717, 1.165) is 31.5 Å². The quantitative estimate of drug-likeness (QED) is 0.287. The van der Waals surface area contributed by atoms with Crippen molar-refractivity contribution in [2.45, 2.75) is 69.4 Å². The fourth-order valence-electron chi connectivity index (χ4n) is 5.22. The number of ether oxygens (including phenoxy) is 1. The fraction of sp³-hybridized carbons (Fsp3) is 0.393. The number of fused-ring (bicyclic) bond motifs is 1. The summed E-state index contributed by atoms with van der Waals surface area (Å²) in [7, 11) is -4.05. The van der Waals surface area contributed by atoms with Gasteiger partial charge in [-0.15, -0.1) is 5.10 Å². The zero-order chi connectivity index (χ0) is 27.7. The monoisotopic (exact) mass is 551 g/mol. The highest BCUT2D eigenvalue weighted by Gasteiger charge is 2.27. The van der Waals surface area contributed by atoms with Crippen molar-refractivity contribution in [2.75, 3.05) is 6.61 Å². The molecule has 11 heteroatoms. The lowest BCUT2D eigenvalue weighted by molar-refractivity contribution is 0.146. The molecule has 5 rings (SSSR count). The highest BCUT2D eigenvalue weighted by molar-refractivity contribution is 7.89. The van der Waals surface area contributed by atoms with Gasteiger partial charge in [-0.2, -0.15) is 0 Å². The van der Waals surface area contributed by atoms with Crippen LogP contribution in [0.1, 0.15) is 68.6 Å². The maximum absolute atomic E-state index is 13.4. The van der Waals surface area contributed by atoms with Crippen LogP contribution in [0.2, 0.25) is 0 Å². The van der Waals surface area contributed by atoms with Gasteiger partial charge in [0.2, 0.25) is 10.0 Å². The number of aliphatic hydroxyl groups excluding tert-OH is 1. The van der Waals surface area contributed by atoms with Gasteiger partial charge in [0.05, 0.1) is 28.9 Å². The zero-order valence-corrected chi connectivity index (χ0v) is 23.0. The Bertz CT molecular complexity index is 1640. The highest BCUT2D eigenvalue weighted by atomic mass is 32.2. The normalized spacial score (nSPS) is 16.0. The smallest absolute Gasteiger partial charge is 0.277 e. The van der Waals surface area contributed by atoms with Crippen LogP contribution in [-0.4, -0.2) is 45.8 Å². The SMILES string of the molecule is CCOc1ccc(S(=O)(=O)NC(C)[C@@H](O)c2ccccc2)cc1-c1nn2c(C3CCCC3)nc(C)c2c(=O)[nH]1. The van der Waals surface area contributed by atoms with Crippen LogP contribution >= 0.6 is 0 Å². The molecule has 1 unspecified atom stereocenters. The van der Waals surface area contributed by atoms with Gasteiger partial charge in [0.25, 0.3) is 5.56 Å². The molecule has 0 spiro atoms. The topological polar surface area (TPSA) is 139 Å². The number of sulfonamides is 1. The van der Waals surface area contributed by atoms with E-state index in [1.165, 1.54) is 12.1 Å². The van der Waals surface area contributed by atoms with Crippen molar-refractivity contribution in [1.82, 2.24) is 24.3 Å². The molecule has 2 aromatic heterocycles. The second-order valence-electron chi connectivity index (χ2n) is 9.96. The zero-order valence-electron chi connectivity index (χ0n) is 22.2. The summed E-state index contributed by atoms with van der Waals surface area (Å²) in [6, 6.07) is 12.5. The number of aromatic amines is 1. The van der Waals surface area contributed by atoms with Gasteiger partial charge < -0.3 is 14.8 Å². The number of imidazole rings is 1. The summed E-state index contributed by atoms with van der Waals surface area (Å²) in [5, 5.41) is 15.4. The molecule has 1 aliphatic carbocycles. The van der Waals surface area contributed by atoms with Gasteiger partial charge in [0.1, 0.15) is 11.6 Å². The van der Waals surface area contributed by atoms with Crippen LogP contribution in [-0.2, 0) is 10.0 Å². The average Bonchev–Trinajstić information content (AvgIpc) is 3.57. The Morgan fingerprint density at radius 2 is 1.90 bits per heavy atom. The van der Waals surface area contributed by atoms with Crippen LogP contribution in [0.15, 0.2) is 58.2 Å². The molecule has 2 atom stereocenters. The third kappa shape index (κ3) is 5.34. The van der Waals surface area contributed by atoms with Crippen molar-refractivity contribution in [1.29, 1.82) is 0 Å². The number of rotatable bonds is 9. The summed E-state index contributed by atoms with van der Waals surface area (Å²) in [4.78, 5) is 20.6. The van der Waals surface area contributed by atoms with E-state index in [1.807, 2.05) is 13.0 Å². The van der Waals surface area contributed by atoms with Crippen molar-refractivity contribution >= 4 is 15.5 Å². The third-order valence-corrected chi connectivity index (χ3v) is 8.75. The van der Waals surface area contributed by atoms with Crippen LogP contribution in [0.4, 0.5) is 0 Å². The van der Waals surface area contributed by atoms with E-state index in [2.05, 4.69) is 14.7 Å². The Morgan fingerprint density at radius 1 is 1.18 bits per heavy atom. The van der Waals surface area contributed by atoms with Gasteiger partial charge in [-0.3, -0.25) is 4.79 Å². The number of aromatic nitrogens is 4. The maximum Gasteiger partial charge on any atom is 0.277 e. The van der Waals surface area contributed by atoms with Crippen molar-refractivity contribution in [3.05, 3.63) is 76.0 Å². The third-order valence-electron chi connectivity index (χ3n) is 7.19. The molecule has 0 saturated heterocycles. The first-order valence-corrected chi connectivity index (χ1v) is 14.7. The fourth-order valence-corrected chi connectivity index (χ4v) is 6.50. The number of H-pyrrole nitrogens is 1. The lowest BCUT2D eigenvalue weighted by atomic mass is 10.0. The Labute approximate surface area is 227 Å². The van der Waals surface area contributed by atoms with Crippen LogP contribution in [0.3, 0.4) is 0 Å². The number of aliphatic hydroxyl groups is 1. The molecule has 0 aliphatic heterocycles. The summed E-state index contributed by atoms with van der Waals surface area (Å²) in [5.41, 5.74) is 1.56. The molecular weight excluding hydrogens is 518 g/mol. The van der Waals surface area contributed by atoms with E-state index in [-0.39, 0.29) is 22.2 Å². The Morgan fingerprint density at radius 3 is 2.59 bits per heavy atom. The second kappa shape index (κ2) is 10.9. The minimum absolute atomic E-state index is 0.0476. The van der Waals surface area contributed by atoms with Crippen LogP contribution in [0.25, 0.3) is 16.9 Å². The summed E-state index contributed by atoms with van der Waals surface area (Å²) < 4.78 is 36.7. The van der Waals surface area contributed by atoms with E-state index < -0.39 is 22.2 Å². The molecule has 1 fully saturated rings. The van der Waals surface area contributed by atoms with Crippen LogP contribution < -0.4 is 15.0 Å². The van der Waals surface area contributed by atoms with E-state index in [0.29, 0.717) is 34.7 Å². The van der Waals surface area contributed by atoms with Crippen molar-refractivity contribution in [2.24, 2.45) is 0 Å². The minimum Gasteiger partial charge on any atom is -0.493 e. The Hall–Kier alpha value is -3.54. The largest absolute Gasteiger partial charge is 0.493 e.